The zero-order valence-corrected chi connectivity index (χ0v) is 23.2. The number of benzene rings is 1. The molecule has 7 nitrogen and oxygen atoms in total. The first-order valence-electron chi connectivity index (χ1n) is 13.3. The van der Waals surface area contributed by atoms with E-state index in [-0.39, 0.29) is 23.6 Å². The van der Waals surface area contributed by atoms with Crippen molar-refractivity contribution in [2.24, 2.45) is 5.41 Å². The molecule has 0 atom stereocenters. The molecule has 0 aliphatic heterocycles. The maximum absolute atomic E-state index is 13.8. The summed E-state index contributed by atoms with van der Waals surface area (Å²) in [5, 5.41) is 4.15. The molecular weight excluding hydrogens is 456 g/mol. The Labute approximate surface area is 215 Å². The Bertz CT molecular complexity index is 1100. The van der Waals surface area contributed by atoms with Gasteiger partial charge in [0.15, 0.2) is 0 Å². The number of carbonyl (C=O) groups excluding carboxylic acids is 1. The zero-order chi connectivity index (χ0) is 26.5. The van der Waals surface area contributed by atoms with Crippen LogP contribution in [0.25, 0.3) is 10.8 Å². The van der Waals surface area contributed by atoms with Crippen molar-refractivity contribution >= 4 is 16.9 Å². The number of pyridine rings is 1. The molecule has 1 amide bonds. The van der Waals surface area contributed by atoms with Crippen LogP contribution < -0.4 is 20.3 Å². The maximum Gasteiger partial charge on any atom is 0.407 e. The van der Waals surface area contributed by atoms with E-state index in [2.05, 4.69) is 33.0 Å². The SMILES string of the molecule is CCCCOc1c(CNC(=O)OC(C)(C)C)n(CC(C)(C)C)c(=O)c2ccc(OC3CCCC3)cc12. The highest BCUT2D eigenvalue weighted by atomic mass is 16.6. The average molecular weight is 501 g/mol. The fourth-order valence-corrected chi connectivity index (χ4v) is 4.48. The highest BCUT2D eigenvalue weighted by Gasteiger charge is 2.25. The van der Waals surface area contributed by atoms with Crippen LogP contribution in [0.5, 0.6) is 11.5 Å². The van der Waals surface area contributed by atoms with Gasteiger partial charge < -0.3 is 24.1 Å². The summed E-state index contributed by atoms with van der Waals surface area (Å²) < 4.78 is 19.8. The minimum atomic E-state index is -0.620. The quantitative estimate of drug-likeness (QED) is 0.394. The van der Waals surface area contributed by atoms with Gasteiger partial charge in [-0.3, -0.25) is 4.79 Å². The first-order chi connectivity index (χ1) is 16.9. The number of amides is 1. The Kier molecular flexibility index (Phi) is 8.96. The predicted molar refractivity (Wildman–Crippen MR) is 144 cm³/mol. The lowest BCUT2D eigenvalue weighted by Gasteiger charge is -2.26. The van der Waals surface area contributed by atoms with E-state index in [1.807, 2.05) is 39.0 Å². The largest absolute Gasteiger partial charge is 0.491 e. The van der Waals surface area contributed by atoms with E-state index in [1.54, 1.807) is 4.57 Å². The van der Waals surface area contributed by atoms with Gasteiger partial charge >= 0.3 is 6.09 Å². The molecule has 1 N–H and O–H groups in total. The highest BCUT2D eigenvalue weighted by molar-refractivity contribution is 5.90. The lowest BCUT2D eigenvalue weighted by molar-refractivity contribution is 0.0521. The van der Waals surface area contributed by atoms with Crippen LogP contribution in [0, 0.1) is 5.41 Å². The van der Waals surface area contributed by atoms with Gasteiger partial charge in [-0.2, -0.15) is 0 Å². The standard InChI is InChI=1S/C29H44N2O5/c1-8-9-16-34-25-23-17-21(35-20-12-10-11-13-20)14-15-22(23)26(32)31(19-28(2,3)4)24(25)18-30-27(33)36-29(5,6)7/h14-15,17,20H,8-13,16,18-19H2,1-7H3,(H,30,33). The number of aromatic nitrogens is 1. The second-order valence-electron chi connectivity index (χ2n) is 12.0. The van der Waals surface area contributed by atoms with E-state index < -0.39 is 11.7 Å². The number of fused-ring (bicyclic) bond motifs is 1. The summed E-state index contributed by atoms with van der Waals surface area (Å²) in [6, 6.07) is 5.66. The van der Waals surface area contributed by atoms with Gasteiger partial charge in [0.1, 0.15) is 17.1 Å². The molecule has 0 bridgehead atoms. The van der Waals surface area contributed by atoms with Gasteiger partial charge in [0.05, 0.1) is 30.3 Å². The Hall–Kier alpha value is -2.70. The van der Waals surface area contributed by atoms with Crippen molar-refractivity contribution in [2.75, 3.05) is 6.61 Å². The van der Waals surface area contributed by atoms with E-state index in [1.165, 1.54) is 12.8 Å². The number of alkyl carbamates (subject to hydrolysis) is 1. The number of hydrogen-bond donors (Lipinski definition) is 1. The van der Waals surface area contributed by atoms with Crippen molar-refractivity contribution in [2.45, 2.75) is 112 Å². The molecule has 1 fully saturated rings. The fourth-order valence-electron chi connectivity index (χ4n) is 4.48. The lowest BCUT2D eigenvalue weighted by Crippen LogP contribution is -2.36. The van der Waals surface area contributed by atoms with E-state index in [9.17, 15) is 9.59 Å². The van der Waals surface area contributed by atoms with E-state index in [0.717, 1.165) is 36.8 Å². The molecule has 36 heavy (non-hydrogen) atoms. The average Bonchev–Trinajstić information content (AvgIpc) is 3.27. The lowest BCUT2D eigenvalue weighted by atomic mass is 9.96. The van der Waals surface area contributed by atoms with Gasteiger partial charge in [0.2, 0.25) is 0 Å². The monoisotopic (exact) mass is 500 g/mol. The van der Waals surface area contributed by atoms with E-state index in [4.69, 9.17) is 14.2 Å². The third kappa shape index (κ3) is 7.65. The van der Waals surface area contributed by atoms with Gasteiger partial charge in [-0.25, -0.2) is 4.79 Å². The number of ether oxygens (including phenoxy) is 3. The number of unbranched alkanes of at least 4 members (excludes halogenated alkanes) is 1. The minimum Gasteiger partial charge on any atom is -0.491 e. The Morgan fingerprint density at radius 2 is 1.78 bits per heavy atom. The molecule has 0 unspecified atom stereocenters. The van der Waals surface area contributed by atoms with Crippen molar-refractivity contribution in [3.8, 4) is 11.5 Å². The van der Waals surface area contributed by atoms with Gasteiger partial charge in [-0.15, -0.1) is 0 Å². The Balaban J connectivity index is 2.12. The van der Waals surface area contributed by atoms with Gasteiger partial charge in [-0.05, 0) is 76.5 Å². The summed E-state index contributed by atoms with van der Waals surface area (Å²) in [6.45, 7) is 15.0. The highest BCUT2D eigenvalue weighted by Crippen LogP contribution is 2.34. The normalized spacial score (nSPS) is 14.8. The third-order valence-corrected chi connectivity index (χ3v) is 6.08. The van der Waals surface area contributed by atoms with E-state index >= 15 is 0 Å². The molecular formula is C29H44N2O5. The summed E-state index contributed by atoms with van der Waals surface area (Å²) in [5.74, 6) is 1.36. The smallest absolute Gasteiger partial charge is 0.407 e. The second kappa shape index (κ2) is 11.6. The summed E-state index contributed by atoms with van der Waals surface area (Å²) in [6.07, 6.45) is 6.02. The van der Waals surface area contributed by atoms with Crippen LogP contribution in [0.2, 0.25) is 0 Å². The van der Waals surface area contributed by atoms with Crippen molar-refractivity contribution in [1.82, 2.24) is 9.88 Å². The molecule has 7 heteroatoms. The molecule has 1 aromatic carbocycles. The van der Waals surface area contributed by atoms with Crippen LogP contribution in [0.4, 0.5) is 4.79 Å². The molecule has 0 saturated heterocycles. The Morgan fingerprint density at radius 1 is 1.08 bits per heavy atom. The molecule has 1 aliphatic rings. The number of hydrogen-bond acceptors (Lipinski definition) is 5. The molecule has 3 rings (SSSR count). The summed E-state index contributed by atoms with van der Waals surface area (Å²) >= 11 is 0. The van der Waals surface area contributed by atoms with Gasteiger partial charge in [0, 0.05) is 11.9 Å². The molecule has 200 valence electrons. The van der Waals surface area contributed by atoms with Crippen LogP contribution in [0.3, 0.4) is 0 Å². The van der Waals surface area contributed by atoms with Crippen molar-refractivity contribution < 1.29 is 19.0 Å². The first-order valence-corrected chi connectivity index (χ1v) is 13.3. The van der Waals surface area contributed by atoms with Crippen molar-refractivity contribution in [3.05, 3.63) is 34.2 Å². The first kappa shape index (κ1) is 27.9. The van der Waals surface area contributed by atoms with Crippen LogP contribution in [-0.4, -0.2) is 29.0 Å². The predicted octanol–water partition coefficient (Wildman–Crippen LogP) is 6.57. The molecule has 1 heterocycles. The molecule has 1 aliphatic carbocycles. The van der Waals surface area contributed by atoms with Crippen LogP contribution in [-0.2, 0) is 17.8 Å². The topological polar surface area (TPSA) is 78.8 Å². The van der Waals surface area contributed by atoms with Crippen LogP contribution >= 0.6 is 0 Å². The van der Waals surface area contributed by atoms with Gasteiger partial charge in [-0.1, -0.05) is 34.1 Å². The van der Waals surface area contributed by atoms with E-state index in [0.29, 0.717) is 30.0 Å². The molecule has 0 radical (unpaired) electrons. The second-order valence-corrected chi connectivity index (χ2v) is 12.0. The van der Waals surface area contributed by atoms with Crippen LogP contribution in [0.15, 0.2) is 23.0 Å². The number of carbonyl (C=O) groups is 1. The van der Waals surface area contributed by atoms with Crippen LogP contribution in [0.1, 0.15) is 92.7 Å². The van der Waals surface area contributed by atoms with Gasteiger partial charge in [0.25, 0.3) is 5.56 Å². The fraction of sp³-hybridized carbons (Fsp3) is 0.655. The molecule has 1 aromatic heterocycles. The summed E-state index contributed by atoms with van der Waals surface area (Å²) in [7, 11) is 0. The van der Waals surface area contributed by atoms with Crippen molar-refractivity contribution in [3.63, 3.8) is 0 Å². The molecule has 1 saturated carbocycles. The minimum absolute atomic E-state index is 0.101. The zero-order valence-electron chi connectivity index (χ0n) is 23.2. The number of rotatable bonds is 9. The maximum atomic E-state index is 13.8. The summed E-state index contributed by atoms with van der Waals surface area (Å²) in [4.78, 5) is 26.3. The van der Waals surface area contributed by atoms with Crippen molar-refractivity contribution in [1.29, 1.82) is 0 Å². The number of nitrogens with zero attached hydrogens (tertiary/aromatic N) is 1. The molecule has 0 spiro atoms. The summed E-state index contributed by atoms with van der Waals surface area (Å²) in [5.41, 5.74) is -0.242. The Morgan fingerprint density at radius 3 is 2.39 bits per heavy atom. The number of nitrogens with one attached hydrogen (secondary N) is 1. The third-order valence-electron chi connectivity index (χ3n) is 6.08. The molecule has 2 aromatic rings.